The van der Waals surface area contributed by atoms with E-state index in [1.54, 1.807) is 0 Å². The lowest BCUT2D eigenvalue weighted by molar-refractivity contribution is 0.402. The van der Waals surface area contributed by atoms with Crippen LogP contribution in [0, 0.1) is 0 Å². The summed E-state index contributed by atoms with van der Waals surface area (Å²) in [5.74, 6) is 0. The van der Waals surface area contributed by atoms with Crippen molar-refractivity contribution in [2.75, 3.05) is 14.1 Å². The molecular formula is C29H25N. The first-order valence-corrected chi connectivity index (χ1v) is 10.7. The van der Waals surface area contributed by atoms with Crippen LogP contribution in [0.4, 0.5) is 0 Å². The molecule has 146 valence electrons. The third kappa shape index (κ3) is 2.27. The third-order valence-corrected chi connectivity index (χ3v) is 6.83. The van der Waals surface area contributed by atoms with E-state index in [4.69, 9.17) is 0 Å². The summed E-state index contributed by atoms with van der Waals surface area (Å²) in [6, 6.07) is 34.3. The lowest BCUT2D eigenvalue weighted by Crippen LogP contribution is -2.34. The quantitative estimate of drug-likeness (QED) is 0.351. The number of hydrogen-bond donors (Lipinski definition) is 0. The van der Waals surface area contributed by atoms with Gasteiger partial charge >= 0.3 is 0 Å². The maximum absolute atomic E-state index is 2.44. The number of hydrogen-bond acceptors (Lipinski definition) is 1. The molecule has 2 aliphatic rings. The number of fused-ring (bicyclic) bond motifs is 9. The van der Waals surface area contributed by atoms with Gasteiger partial charge in [0.05, 0.1) is 5.41 Å². The van der Waals surface area contributed by atoms with E-state index in [1.807, 2.05) is 0 Å². The minimum absolute atomic E-state index is 0.228. The Balaban J connectivity index is 1.73. The van der Waals surface area contributed by atoms with Crippen LogP contribution >= 0.6 is 0 Å². The summed E-state index contributed by atoms with van der Waals surface area (Å²) in [5.41, 5.74) is 12.5. The van der Waals surface area contributed by atoms with Crippen LogP contribution in [-0.2, 0) is 18.4 Å². The molecule has 4 aromatic rings. The van der Waals surface area contributed by atoms with Gasteiger partial charge in [0, 0.05) is 6.54 Å². The van der Waals surface area contributed by atoms with Gasteiger partial charge in [0.25, 0.3) is 0 Å². The van der Waals surface area contributed by atoms with Crippen LogP contribution in [0.1, 0.15) is 38.9 Å². The van der Waals surface area contributed by atoms with E-state index in [0.29, 0.717) is 0 Å². The summed E-state index contributed by atoms with van der Waals surface area (Å²) in [7, 11) is 4.28. The van der Waals surface area contributed by atoms with Gasteiger partial charge in [0.15, 0.2) is 0 Å². The summed E-state index contributed by atoms with van der Waals surface area (Å²) < 4.78 is 0. The van der Waals surface area contributed by atoms with Crippen molar-refractivity contribution in [3.8, 4) is 11.1 Å². The monoisotopic (exact) mass is 387 g/mol. The Hall–Kier alpha value is -3.16. The average molecular weight is 388 g/mol. The van der Waals surface area contributed by atoms with Gasteiger partial charge in [0.1, 0.15) is 0 Å². The van der Waals surface area contributed by atoms with Gasteiger partial charge in [-0.3, -0.25) is 0 Å². The molecule has 0 bridgehead atoms. The van der Waals surface area contributed by atoms with Gasteiger partial charge in [-0.2, -0.15) is 0 Å². The predicted molar refractivity (Wildman–Crippen MR) is 124 cm³/mol. The van der Waals surface area contributed by atoms with Crippen molar-refractivity contribution in [1.29, 1.82) is 0 Å². The highest BCUT2D eigenvalue weighted by Crippen LogP contribution is 2.59. The minimum Gasteiger partial charge on any atom is -0.305 e. The predicted octanol–water partition coefficient (Wildman–Crippen LogP) is 6.02. The first-order chi connectivity index (χ1) is 14.7. The summed E-state index contributed by atoms with van der Waals surface area (Å²) in [6.45, 7) is 0.967. The average Bonchev–Trinajstić information content (AvgIpc) is 3.05. The fourth-order valence-electron chi connectivity index (χ4n) is 5.83. The molecule has 0 aromatic heterocycles. The second kappa shape index (κ2) is 6.42. The van der Waals surface area contributed by atoms with Crippen LogP contribution in [0.15, 0.2) is 91.0 Å². The molecule has 1 spiro atoms. The van der Waals surface area contributed by atoms with Crippen LogP contribution in [0.2, 0.25) is 0 Å². The smallest absolute Gasteiger partial charge is 0.0719 e. The molecule has 0 saturated carbocycles. The molecule has 0 amide bonds. The zero-order valence-corrected chi connectivity index (χ0v) is 17.5. The van der Waals surface area contributed by atoms with Crippen LogP contribution < -0.4 is 0 Å². The fourth-order valence-corrected chi connectivity index (χ4v) is 5.83. The summed E-state index contributed by atoms with van der Waals surface area (Å²) in [6.07, 6.45) is 0.999. The highest BCUT2D eigenvalue weighted by Gasteiger charge is 2.49. The van der Waals surface area contributed by atoms with Crippen molar-refractivity contribution in [3.05, 3.63) is 130 Å². The molecule has 0 atom stereocenters. The van der Waals surface area contributed by atoms with E-state index in [2.05, 4.69) is 110 Å². The third-order valence-electron chi connectivity index (χ3n) is 6.83. The molecule has 0 fully saturated rings. The highest BCUT2D eigenvalue weighted by atomic mass is 15.0. The van der Waals surface area contributed by atoms with E-state index in [-0.39, 0.29) is 5.41 Å². The lowest BCUT2D eigenvalue weighted by atomic mass is 9.61. The van der Waals surface area contributed by atoms with Crippen molar-refractivity contribution < 1.29 is 0 Å². The SMILES string of the molecule is CN(C)Cc1ccc2c(c1)Cc1ccccc1C21c2ccccc2-c2ccccc21. The lowest BCUT2D eigenvalue weighted by Gasteiger charge is -2.40. The molecule has 2 aliphatic carbocycles. The molecule has 0 radical (unpaired) electrons. The number of nitrogens with zero attached hydrogens (tertiary/aromatic N) is 1. The maximum atomic E-state index is 2.44. The Morgan fingerprint density at radius 2 is 1.20 bits per heavy atom. The minimum atomic E-state index is -0.228. The Kier molecular flexibility index (Phi) is 3.78. The number of benzene rings is 4. The van der Waals surface area contributed by atoms with E-state index >= 15 is 0 Å². The first-order valence-electron chi connectivity index (χ1n) is 10.7. The highest BCUT2D eigenvalue weighted by molar-refractivity contribution is 5.87. The Labute approximate surface area is 178 Å². The van der Waals surface area contributed by atoms with Crippen molar-refractivity contribution in [1.82, 2.24) is 4.90 Å². The van der Waals surface area contributed by atoms with E-state index < -0.39 is 0 Å². The summed E-state index contributed by atoms with van der Waals surface area (Å²) >= 11 is 0. The van der Waals surface area contributed by atoms with E-state index in [0.717, 1.165) is 13.0 Å². The fraction of sp³-hybridized carbons (Fsp3) is 0.172. The molecule has 0 N–H and O–H groups in total. The van der Waals surface area contributed by atoms with Gasteiger partial charge in [0.2, 0.25) is 0 Å². The second-order valence-electron chi connectivity index (χ2n) is 8.90. The van der Waals surface area contributed by atoms with Crippen molar-refractivity contribution >= 4 is 0 Å². The van der Waals surface area contributed by atoms with E-state index in [9.17, 15) is 0 Å². The van der Waals surface area contributed by atoms with Crippen molar-refractivity contribution in [2.45, 2.75) is 18.4 Å². The van der Waals surface area contributed by atoms with Gasteiger partial charge < -0.3 is 4.90 Å². The summed E-state index contributed by atoms with van der Waals surface area (Å²) in [4.78, 5) is 2.24. The second-order valence-corrected chi connectivity index (χ2v) is 8.90. The molecular weight excluding hydrogens is 362 g/mol. The van der Waals surface area contributed by atoms with E-state index in [1.165, 1.54) is 50.1 Å². The van der Waals surface area contributed by atoms with Gasteiger partial charge in [-0.1, -0.05) is 91.0 Å². The Morgan fingerprint density at radius 1 is 0.633 bits per heavy atom. The normalized spacial score (nSPS) is 14.9. The molecule has 6 rings (SSSR count). The van der Waals surface area contributed by atoms with Crippen LogP contribution in [0.3, 0.4) is 0 Å². The molecule has 0 heterocycles. The topological polar surface area (TPSA) is 3.24 Å². The van der Waals surface area contributed by atoms with Gasteiger partial charge in [-0.05, 0) is 70.6 Å². The molecule has 4 aromatic carbocycles. The van der Waals surface area contributed by atoms with Crippen molar-refractivity contribution in [2.24, 2.45) is 0 Å². The first kappa shape index (κ1) is 17.7. The standard InChI is InChI=1S/C29H25N/c1-30(2)19-20-15-16-26-22(17-20)18-21-9-3-6-12-25(21)29(26)27-13-7-4-10-23(27)24-11-5-8-14-28(24)29/h3-17H,18-19H2,1-2H3. The molecule has 1 nitrogen and oxygen atoms in total. The van der Waals surface area contributed by atoms with Crippen LogP contribution in [-0.4, -0.2) is 19.0 Å². The Bertz CT molecular complexity index is 1240. The molecule has 30 heavy (non-hydrogen) atoms. The maximum Gasteiger partial charge on any atom is 0.0719 e. The van der Waals surface area contributed by atoms with Gasteiger partial charge in [-0.25, -0.2) is 0 Å². The van der Waals surface area contributed by atoms with Crippen LogP contribution in [0.25, 0.3) is 11.1 Å². The molecule has 0 saturated heterocycles. The zero-order valence-electron chi connectivity index (χ0n) is 17.5. The summed E-state index contributed by atoms with van der Waals surface area (Å²) in [5, 5.41) is 0. The number of rotatable bonds is 2. The Morgan fingerprint density at radius 3 is 1.87 bits per heavy atom. The molecule has 1 heteroatoms. The molecule has 0 unspecified atom stereocenters. The zero-order chi connectivity index (χ0) is 20.3. The van der Waals surface area contributed by atoms with Crippen molar-refractivity contribution in [3.63, 3.8) is 0 Å². The molecule has 0 aliphatic heterocycles. The van der Waals surface area contributed by atoms with Gasteiger partial charge in [-0.15, -0.1) is 0 Å². The van der Waals surface area contributed by atoms with Crippen LogP contribution in [0.5, 0.6) is 0 Å². The largest absolute Gasteiger partial charge is 0.305 e.